The van der Waals surface area contributed by atoms with Crippen molar-refractivity contribution >= 4 is 5.91 Å². The van der Waals surface area contributed by atoms with E-state index in [0.29, 0.717) is 6.42 Å². The molecule has 100 valence electrons. The number of rotatable bonds is 4. The minimum absolute atomic E-state index is 0.00671. The molecular formula is C13H25NO3. The van der Waals surface area contributed by atoms with E-state index in [-0.39, 0.29) is 36.6 Å². The van der Waals surface area contributed by atoms with Gasteiger partial charge in [-0.3, -0.25) is 4.79 Å². The Kier molecular flexibility index (Phi) is 4.55. The smallest absolute Gasteiger partial charge is 0.226 e. The molecule has 17 heavy (non-hydrogen) atoms. The van der Waals surface area contributed by atoms with Gasteiger partial charge in [0.15, 0.2) is 0 Å². The van der Waals surface area contributed by atoms with Crippen LogP contribution in [0, 0.1) is 11.8 Å². The Morgan fingerprint density at radius 1 is 1.35 bits per heavy atom. The van der Waals surface area contributed by atoms with Crippen LogP contribution in [0.2, 0.25) is 0 Å². The minimum atomic E-state index is -0.525. The number of nitrogens with one attached hydrogen (secondary N) is 1. The van der Waals surface area contributed by atoms with E-state index in [2.05, 4.69) is 5.32 Å². The summed E-state index contributed by atoms with van der Waals surface area (Å²) in [4.78, 5) is 12.2. The van der Waals surface area contributed by atoms with E-state index in [1.807, 2.05) is 34.6 Å². The lowest BCUT2D eigenvalue weighted by atomic mass is 9.87. The summed E-state index contributed by atoms with van der Waals surface area (Å²) in [5.74, 6) is 0.0833. The van der Waals surface area contributed by atoms with Crippen LogP contribution in [0.1, 0.15) is 41.0 Å². The van der Waals surface area contributed by atoms with E-state index in [4.69, 9.17) is 4.74 Å². The van der Waals surface area contributed by atoms with Gasteiger partial charge in [0.05, 0.1) is 30.3 Å². The summed E-state index contributed by atoms with van der Waals surface area (Å²) in [7, 11) is 0. The van der Waals surface area contributed by atoms with E-state index >= 15 is 0 Å². The van der Waals surface area contributed by atoms with Crippen molar-refractivity contribution in [2.45, 2.75) is 58.8 Å². The van der Waals surface area contributed by atoms with Crippen LogP contribution >= 0.6 is 0 Å². The molecule has 0 aromatic carbocycles. The van der Waals surface area contributed by atoms with Crippen LogP contribution < -0.4 is 5.32 Å². The van der Waals surface area contributed by atoms with Gasteiger partial charge in [-0.05, 0) is 33.1 Å². The molecular weight excluding hydrogens is 218 g/mol. The van der Waals surface area contributed by atoms with Crippen LogP contribution in [0.5, 0.6) is 0 Å². The van der Waals surface area contributed by atoms with Gasteiger partial charge in [0.25, 0.3) is 0 Å². The van der Waals surface area contributed by atoms with Gasteiger partial charge >= 0.3 is 0 Å². The molecule has 1 aliphatic rings. The number of hydrogen-bond acceptors (Lipinski definition) is 3. The summed E-state index contributed by atoms with van der Waals surface area (Å²) < 4.78 is 5.67. The van der Waals surface area contributed by atoms with Crippen molar-refractivity contribution in [3.63, 3.8) is 0 Å². The average Bonchev–Trinajstić information content (AvgIpc) is 2.53. The second-order valence-corrected chi connectivity index (χ2v) is 5.49. The Balaban J connectivity index is 2.71. The summed E-state index contributed by atoms with van der Waals surface area (Å²) in [6.45, 7) is 9.75. The van der Waals surface area contributed by atoms with Crippen molar-refractivity contribution in [2.75, 3.05) is 6.61 Å². The van der Waals surface area contributed by atoms with Gasteiger partial charge in [-0.15, -0.1) is 0 Å². The normalized spacial score (nSPS) is 36.6. The maximum absolute atomic E-state index is 12.2. The molecule has 2 N–H and O–H groups in total. The Bertz CT molecular complexity index is 276. The first-order chi connectivity index (χ1) is 7.84. The van der Waals surface area contributed by atoms with Gasteiger partial charge in [-0.1, -0.05) is 13.8 Å². The molecule has 5 atom stereocenters. The predicted octanol–water partition coefficient (Wildman–Crippen LogP) is 1.32. The fourth-order valence-electron chi connectivity index (χ4n) is 2.34. The number of ether oxygens (including phenoxy) is 1. The summed E-state index contributed by atoms with van der Waals surface area (Å²) in [5, 5.41) is 12.3. The largest absolute Gasteiger partial charge is 0.394 e. The molecule has 1 saturated heterocycles. The van der Waals surface area contributed by atoms with Gasteiger partial charge < -0.3 is 15.2 Å². The number of aliphatic hydroxyl groups is 1. The number of aliphatic hydroxyl groups excluding tert-OH is 1. The molecule has 1 aliphatic heterocycles. The molecule has 0 aromatic heterocycles. The molecule has 1 fully saturated rings. The van der Waals surface area contributed by atoms with E-state index in [0.717, 1.165) is 0 Å². The zero-order chi connectivity index (χ0) is 13.2. The summed E-state index contributed by atoms with van der Waals surface area (Å²) in [6, 6.07) is 0. The van der Waals surface area contributed by atoms with Crippen molar-refractivity contribution in [2.24, 2.45) is 11.8 Å². The second-order valence-electron chi connectivity index (χ2n) is 5.49. The van der Waals surface area contributed by atoms with E-state index in [9.17, 15) is 9.90 Å². The molecule has 1 amide bonds. The van der Waals surface area contributed by atoms with E-state index in [1.165, 1.54) is 0 Å². The highest BCUT2D eigenvalue weighted by Gasteiger charge is 2.42. The fourth-order valence-corrected chi connectivity index (χ4v) is 2.34. The van der Waals surface area contributed by atoms with Gasteiger partial charge in [-0.25, -0.2) is 0 Å². The van der Waals surface area contributed by atoms with Gasteiger partial charge in [0, 0.05) is 0 Å². The van der Waals surface area contributed by atoms with Crippen molar-refractivity contribution in [1.82, 2.24) is 5.32 Å². The first-order valence-corrected chi connectivity index (χ1v) is 6.43. The number of carbonyl (C=O) groups is 1. The molecule has 4 nitrogen and oxygen atoms in total. The molecule has 1 rings (SSSR count). The fraction of sp³-hybridized carbons (Fsp3) is 0.923. The predicted molar refractivity (Wildman–Crippen MR) is 66.6 cm³/mol. The van der Waals surface area contributed by atoms with Crippen LogP contribution in [0.25, 0.3) is 0 Å². The quantitative estimate of drug-likeness (QED) is 0.783. The number of hydrogen-bond donors (Lipinski definition) is 2. The van der Waals surface area contributed by atoms with Gasteiger partial charge in [0.2, 0.25) is 5.91 Å². The third-order valence-corrected chi connectivity index (χ3v) is 4.10. The molecule has 5 unspecified atom stereocenters. The van der Waals surface area contributed by atoms with Gasteiger partial charge in [-0.2, -0.15) is 0 Å². The highest BCUT2D eigenvalue weighted by Crippen LogP contribution is 2.32. The SMILES string of the molecule is CCC(C)(CO)NC(=O)C1C(C)OC(C)C1C. The zero-order valence-corrected chi connectivity index (χ0v) is 11.5. The Labute approximate surface area is 104 Å². The van der Waals surface area contributed by atoms with Crippen LogP contribution in [-0.4, -0.2) is 35.4 Å². The van der Waals surface area contributed by atoms with Crippen molar-refractivity contribution in [3.05, 3.63) is 0 Å². The van der Waals surface area contributed by atoms with E-state index in [1.54, 1.807) is 0 Å². The van der Waals surface area contributed by atoms with Crippen molar-refractivity contribution < 1.29 is 14.6 Å². The molecule has 1 heterocycles. The standard InChI is InChI=1S/C13H25NO3/c1-6-13(5,7-15)14-12(16)11-8(2)9(3)17-10(11)4/h8-11,15H,6-7H2,1-5H3,(H,14,16). The monoisotopic (exact) mass is 243 g/mol. The third-order valence-electron chi connectivity index (χ3n) is 4.10. The van der Waals surface area contributed by atoms with Crippen LogP contribution in [0.3, 0.4) is 0 Å². The molecule has 4 heteroatoms. The summed E-state index contributed by atoms with van der Waals surface area (Å²) in [6.07, 6.45) is 0.767. The van der Waals surface area contributed by atoms with Crippen LogP contribution in [-0.2, 0) is 9.53 Å². The molecule has 0 radical (unpaired) electrons. The first kappa shape index (κ1) is 14.5. The van der Waals surface area contributed by atoms with Crippen LogP contribution in [0.15, 0.2) is 0 Å². The highest BCUT2D eigenvalue weighted by molar-refractivity contribution is 5.80. The molecule has 0 aromatic rings. The Hall–Kier alpha value is -0.610. The van der Waals surface area contributed by atoms with Crippen LogP contribution in [0.4, 0.5) is 0 Å². The molecule has 0 spiro atoms. The highest BCUT2D eigenvalue weighted by atomic mass is 16.5. The maximum Gasteiger partial charge on any atom is 0.226 e. The molecule has 0 aliphatic carbocycles. The lowest BCUT2D eigenvalue weighted by Gasteiger charge is -2.30. The Morgan fingerprint density at radius 3 is 2.29 bits per heavy atom. The maximum atomic E-state index is 12.2. The number of carbonyl (C=O) groups excluding carboxylic acids is 1. The topological polar surface area (TPSA) is 58.6 Å². The second kappa shape index (κ2) is 5.36. The summed E-state index contributed by atoms with van der Waals surface area (Å²) >= 11 is 0. The van der Waals surface area contributed by atoms with Crippen molar-refractivity contribution in [1.29, 1.82) is 0 Å². The Morgan fingerprint density at radius 2 is 1.94 bits per heavy atom. The van der Waals surface area contributed by atoms with Crippen molar-refractivity contribution in [3.8, 4) is 0 Å². The third kappa shape index (κ3) is 2.99. The lowest BCUT2D eigenvalue weighted by molar-refractivity contribution is -0.129. The zero-order valence-electron chi connectivity index (χ0n) is 11.5. The molecule has 0 saturated carbocycles. The lowest BCUT2D eigenvalue weighted by Crippen LogP contribution is -2.52. The van der Waals surface area contributed by atoms with E-state index < -0.39 is 5.54 Å². The minimum Gasteiger partial charge on any atom is -0.394 e. The number of amides is 1. The summed E-state index contributed by atoms with van der Waals surface area (Å²) in [5.41, 5.74) is -0.525. The average molecular weight is 243 g/mol. The molecule has 0 bridgehead atoms. The first-order valence-electron chi connectivity index (χ1n) is 6.43. The van der Waals surface area contributed by atoms with Gasteiger partial charge in [0.1, 0.15) is 0 Å².